The van der Waals surface area contributed by atoms with Gasteiger partial charge in [0.15, 0.2) is 0 Å². The first-order valence-corrected chi connectivity index (χ1v) is 6.71. The Hall–Kier alpha value is -0.770. The van der Waals surface area contributed by atoms with E-state index in [0.717, 1.165) is 30.8 Å². The maximum atomic E-state index is 6.20. The van der Waals surface area contributed by atoms with Crippen molar-refractivity contribution in [2.24, 2.45) is 5.92 Å². The van der Waals surface area contributed by atoms with E-state index in [1.54, 1.807) is 7.11 Å². The molecule has 4 heteroatoms. The van der Waals surface area contributed by atoms with Gasteiger partial charge in [0.25, 0.3) is 0 Å². The Morgan fingerprint density at radius 3 is 2.94 bits per heavy atom. The van der Waals surface area contributed by atoms with Gasteiger partial charge in [-0.15, -0.1) is 0 Å². The van der Waals surface area contributed by atoms with Crippen molar-refractivity contribution in [1.29, 1.82) is 0 Å². The van der Waals surface area contributed by atoms with Crippen LogP contribution in [-0.4, -0.2) is 32.9 Å². The predicted molar refractivity (Wildman–Crippen MR) is 73.5 cm³/mol. The molecule has 1 aliphatic rings. The van der Waals surface area contributed by atoms with E-state index in [9.17, 15) is 0 Å². The third-order valence-corrected chi connectivity index (χ3v) is 3.62. The second-order valence-corrected chi connectivity index (χ2v) is 5.21. The fraction of sp³-hybridized carbons (Fsp3) is 0.571. The van der Waals surface area contributed by atoms with E-state index in [1.165, 1.54) is 0 Å². The van der Waals surface area contributed by atoms with Crippen LogP contribution in [0, 0.1) is 12.8 Å². The summed E-state index contributed by atoms with van der Waals surface area (Å²) in [5, 5.41) is 4.02. The Balaban J connectivity index is 2.07. The standard InChI is InChI=1S/C14H20ClNO2/c1-10-3-4-13(12(15)7-10)18-14(9-17-2)11-5-6-16-8-11/h3-4,7,11,14,16H,5-6,8-9H2,1-2H3/t11?,14-/m1/s1. The lowest BCUT2D eigenvalue weighted by atomic mass is 10.0. The van der Waals surface area contributed by atoms with Crippen molar-refractivity contribution in [1.82, 2.24) is 5.32 Å². The fourth-order valence-corrected chi connectivity index (χ4v) is 2.57. The van der Waals surface area contributed by atoms with Crippen molar-refractivity contribution in [3.8, 4) is 5.75 Å². The van der Waals surface area contributed by atoms with Gasteiger partial charge in [0.1, 0.15) is 11.9 Å². The van der Waals surface area contributed by atoms with Crippen molar-refractivity contribution < 1.29 is 9.47 Å². The first-order chi connectivity index (χ1) is 8.70. The van der Waals surface area contributed by atoms with E-state index < -0.39 is 0 Å². The van der Waals surface area contributed by atoms with Crippen LogP contribution in [0.4, 0.5) is 0 Å². The van der Waals surface area contributed by atoms with E-state index >= 15 is 0 Å². The number of aryl methyl sites for hydroxylation is 1. The molecule has 0 saturated carbocycles. The summed E-state index contributed by atoms with van der Waals surface area (Å²) in [5.74, 6) is 1.23. The summed E-state index contributed by atoms with van der Waals surface area (Å²) >= 11 is 6.20. The Labute approximate surface area is 113 Å². The van der Waals surface area contributed by atoms with Gasteiger partial charge < -0.3 is 14.8 Å². The molecule has 0 bridgehead atoms. The highest BCUT2D eigenvalue weighted by Gasteiger charge is 2.27. The van der Waals surface area contributed by atoms with Crippen LogP contribution in [0.15, 0.2) is 18.2 Å². The lowest BCUT2D eigenvalue weighted by Crippen LogP contribution is -2.33. The number of benzene rings is 1. The monoisotopic (exact) mass is 269 g/mol. The minimum atomic E-state index is 0.0604. The molecule has 1 unspecified atom stereocenters. The molecule has 0 aliphatic carbocycles. The van der Waals surface area contributed by atoms with E-state index in [-0.39, 0.29) is 6.10 Å². The average Bonchev–Trinajstić information content (AvgIpc) is 2.85. The first kappa shape index (κ1) is 13.7. The van der Waals surface area contributed by atoms with Gasteiger partial charge in [0.2, 0.25) is 0 Å². The van der Waals surface area contributed by atoms with Crippen LogP contribution in [-0.2, 0) is 4.74 Å². The summed E-state index contributed by atoms with van der Waals surface area (Å²) < 4.78 is 11.3. The molecule has 0 radical (unpaired) electrons. The highest BCUT2D eigenvalue weighted by Crippen LogP contribution is 2.28. The summed E-state index contributed by atoms with van der Waals surface area (Å²) in [4.78, 5) is 0. The van der Waals surface area contributed by atoms with Crippen molar-refractivity contribution in [3.05, 3.63) is 28.8 Å². The Morgan fingerprint density at radius 2 is 2.33 bits per heavy atom. The molecule has 1 fully saturated rings. The van der Waals surface area contributed by atoms with Crippen LogP contribution in [0.5, 0.6) is 5.75 Å². The number of hydrogen-bond acceptors (Lipinski definition) is 3. The van der Waals surface area contributed by atoms with Crippen LogP contribution in [0.2, 0.25) is 5.02 Å². The van der Waals surface area contributed by atoms with Crippen molar-refractivity contribution in [2.75, 3.05) is 26.8 Å². The maximum Gasteiger partial charge on any atom is 0.138 e. The van der Waals surface area contributed by atoms with Crippen molar-refractivity contribution in [2.45, 2.75) is 19.4 Å². The third-order valence-electron chi connectivity index (χ3n) is 3.32. The van der Waals surface area contributed by atoms with Gasteiger partial charge in [-0.2, -0.15) is 0 Å². The molecule has 1 heterocycles. The molecule has 100 valence electrons. The molecule has 1 aromatic carbocycles. The molecule has 0 spiro atoms. The smallest absolute Gasteiger partial charge is 0.138 e. The molecule has 3 nitrogen and oxygen atoms in total. The SMILES string of the molecule is COC[C@@H](Oc1ccc(C)cc1Cl)C1CCNC1. The number of hydrogen-bond donors (Lipinski definition) is 1. The zero-order chi connectivity index (χ0) is 13.0. The minimum Gasteiger partial charge on any atom is -0.486 e. The van der Waals surface area contributed by atoms with Gasteiger partial charge in [-0.05, 0) is 37.6 Å². The highest BCUT2D eigenvalue weighted by molar-refractivity contribution is 6.32. The topological polar surface area (TPSA) is 30.5 Å². The highest BCUT2D eigenvalue weighted by atomic mass is 35.5. The number of halogens is 1. The Kier molecular flexibility index (Phi) is 4.87. The fourth-order valence-electron chi connectivity index (χ4n) is 2.29. The Morgan fingerprint density at radius 1 is 1.50 bits per heavy atom. The molecule has 1 aliphatic heterocycles. The summed E-state index contributed by atoms with van der Waals surface area (Å²) in [5.41, 5.74) is 1.14. The number of ether oxygens (including phenoxy) is 2. The summed E-state index contributed by atoms with van der Waals surface area (Å²) in [6.07, 6.45) is 1.18. The zero-order valence-electron chi connectivity index (χ0n) is 10.9. The third kappa shape index (κ3) is 3.37. The molecule has 2 rings (SSSR count). The molecule has 1 saturated heterocycles. The quantitative estimate of drug-likeness (QED) is 0.891. The molecular formula is C14H20ClNO2. The van der Waals surface area contributed by atoms with Crippen LogP contribution in [0.25, 0.3) is 0 Å². The molecule has 0 aromatic heterocycles. The molecule has 1 aromatic rings. The molecule has 0 amide bonds. The van der Waals surface area contributed by atoms with E-state index in [4.69, 9.17) is 21.1 Å². The normalized spacial score (nSPS) is 20.9. The largest absolute Gasteiger partial charge is 0.486 e. The summed E-state index contributed by atoms with van der Waals surface area (Å²) in [6, 6.07) is 5.87. The second kappa shape index (κ2) is 6.41. The number of methoxy groups -OCH3 is 1. The summed E-state index contributed by atoms with van der Waals surface area (Å²) in [6.45, 7) is 4.65. The average molecular weight is 270 g/mol. The van der Waals surface area contributed by atoms with E-state index in [0.29, 0.717) is 17.5 Å². The van der Waals surface area contributed by atoms with Gasteiger partial charge in [-0.25, -0.2) is 0 Å². The van der Waals surface area contributed by atoms with Crippen LogP contribution in [0.3, 0.4) is 0 Å². The first-order valence-electron chi connectivity index (χ1n) is 6.33. The Bertz CT molecular complexity index is 391. The summed E-state index contributed by atoms with van der Waals surface area (Å²) in [7, 11) is 1.70. The molecule has 1 N–H and O–H groups in total. The van der Waals surface area contributed by atoms with Gasteiger partial charge >= 0.3 is 0 Å². The van der Waals surface area contributed by atoms with Gasteiger partial charge in [0.05, 0.1) is 11.6 Å². The van der Waals surface area contributed by atoms with Gasteiger partial charge in [0, 0.05) is 19.6 Å². The van der Waals surface area contributed by atoms with Crippen molar-refractivity contribution in [3.63, 3.8) is 0 Å². The van der Waals surface area contributed by atoms with Crippen molar-refractivity contribution >= 4 is 11.6 Å². The lowest BCUT2D eigenvalue weighted by molar-refractivity contribution is 0.0483. The number of nitrogens with one attached hydrogen (secondary N) is 1. The van der Waals surface area contributed by atoms with Crippen LogP contribution >= 0.6 is 11.6 Å². The minimum absolute atomic E-state index is 0.0604. The maximum absolute atomic E-state index is 6.20. The van der Waals surface area contributed by atoms with E-state index in [2.05, 4.69) is 5.32 Å². The second-order valence-electron chi connectivity index (χ2n) is 4.80. The molecule has 2 atom stereocenters. The molecule has 18 heavy (non-hydrogen) atoms. The zero-order valence-corrected chi connectivity index (χ0v) is 11.7. The predicted octanol–water partition coefficient (Wildman–Crippen LogP) is 2.65. The molecular weight excluding hydrogens is 250 g/mol. The number of rotatable bonds is 5. The van der Waals surface area contributed by atoms with Gasteiger partial charge in [-0.3, -0.25) is 0 Å². The van der Waals surface area contributed by atoms with Gasteiger partial charge in [-0.1, -0.05) is 17.7 Å². The van der Waals surface area contributed by atoms with Crippen LogP contribution in [0.1, 0.15) is 12.0 Å². The lowest BCUT2D eigenvalue weighted by Gasteiger charge is -2.24. The van der Waals surface area contributed by atoms with E-state index in [1.807, 2.05) is 25.1 Å². The van der Waals surface area contributed by atoms with Crippen LogP contribution < -0.4 is 10.1 Å².